The Balaban J connectivity index is 1.98. The lowest BCUT2D eigenvalue weighted by Gasteiger charge is -2.34. The Bertz CT molecular complexity index is 648. The lowest BCUT2D eigenvalue weighted by molar-refractivity contribution is -0.200. The Kier molecular flexibility index (Phi) is 7.43. The van der Waals surface area contributed by atoms with Gasteiger partial charge in [-0.2, -0.15) is 0 Å². The summed E-state index contributed by atoms with van der Waals surface area (Å²) in [7, 11) is 4.46. The zero-order valence-corrected chi connectivity index (χ0v) is 15.3. The highest BCUT2D eigenvalue weighted by Crippen LogP contribution is 2.38. The summed E-state index contributed by atoms with van der Waals surface area (Å²) < 4.78 is 25.9. The minimum atomic E-state index is -1.35. The second kappa shape index (κ2) is 9.56. The molecule has 1 aliphatic rings. The Labute approximate surface area is 156 Å². The van der Waals surface area contributed by atoms with E-state index in [0.29, 0.717) is 22.8 Å². The van der Waals surface area contributed by atoms with Crippen LogP contribution in [0.25, 0.3) is 6.08 Å². The number of rotatable bonds is 7. The molecule has 2 rings (SSSR count). The second-order valence-electron chi connectivity index (χ2n) is 5.84. The highest BCUT2D eigenvalue weighted by atomic mass is 16.6. The molecule has 1 aromatic rings. The van der Waals surface area contributed by atoms with Gasteiger partial charge >= 0.3 is 5.97 Å². The monoisotopic (exact) mass is 384 g/mol. The maximum Gasteiger partial charge on any atom is 0.330 e. The molecule has 150 valence electrons. The summed E-state index contributed by atoms with van der Waals surface area (Å²) in [6.45, 7) is -0.412. The maximum atomic E-state index is 11.9. The van der Waals surface area contributed by atoms with Crippen LogP contribution in [0.1, 0.15) is 5.56 Å². The molecule has 0 unspecified atom stereocenters. The van der Waals surface area contributed by atoms with Crippen molar-refractivity contribution in [1.82, 2.24) is 0 Å². The fourth-order valence-corrected chi connectivity index (χ4v) is 2.59. The van der Waals surface area contributed by atoms with Gasteiger partial charge in [-0.05, 0) is 23.8 Å². The number of benzene rings is 1. The predicted octanol–water partition coefficient (Wildman–Crippen LogP) is -0.250. The normalized spacial score (nSPS) is 25.3. The number of carbonyl (C=O) groups excluding carboxylic acids is 1. The first-order chi connectivity index (χ1) is 12.9. The van der Waals surface area contributed by atoms with Crippen LogP contribution in [0, 0.1) is 0 Å². The molecule has 27 heavy (non-hydrogen) atoms. The van der Waals surface area contributed by atoms with Crippen molar-refractivity contribution in [3.05, 3.63) is 23.8 Å². The fourth-order valence-electron chi connectivity index (χ4n) is 2.59. The van der Waals surface area contributed by atoms with Gasteiger partial charge in [-0.1, -0.05) is 0 Å². The number of ether oxygens (including phenoxy) is 5. The van der Waals surface area contributed by atoms with Crippen molar-refractivity contribution >= 4 is 12.0 Å². The molecule has 0 spiro atoms. The predicted molar refractivity (Wildman–Crippen MR) is 93.9 cm³/mol. The van der Waals surface area contributed by atoms with Crippen LogP contribution < -0.4 is 14.2 Å². The molecule has 0 amide bonds. The van der Waals surface area contributed by atoms with Gasteiger partial charge in [0, 0.05) is 6.08 Å². The Morgan fingerprint density at radius 2 is 1.74 bits per heavy atom. The molecule has 1 fully saturated rings. The van der Waals surface area contributed by atoms with Crippen molar-refractivity contribution in [2.24, 2.45) is 0 Å². The lowest BCUT2D eigenvalue weighted by atomic mass is 10.0. The molecule has 0 radical (unpaired) electrons. The second-order valence-corrected chi connectivity index (χ2v) is 5.84. The Morgan fingerprint density at radius 1 is 1.11 bits per heavy atom. The summed E-state index contributed by atoms with van der Waals surface area (Å²) in [5.74, 6) is 0.649. The molecular weight excluding hydrogens is 360 g/mol. The van der Waals surface area contributed by atoms with Crippen LogP contribution in [0.2, 0.25) is 0 Å². The molecule has 3 N–H and O–H groups in total. The summed E-state index contributed by atoms with van der Waals surface area (Å²) in [5.41, 5.74) is 0.619. The lowest BCUT2D eigenvalue weighted by Crippen LogP contribution is -2.54. The molecule has 9 heteroatoms. The third kappa shape index (κ3) is 5.10. The zero-order chi connectivity index (χ0) is 20.0. The first-order valence-electron chi connectivity index (χ1n) is 8.21. The minimum absolute atomic E-state index is 0.151. The standard InChI is InChI=1S/C18H24O9/c1-23-12-6-10(7-13(24-2)18(12)25-3)4-5-15(20)27-9-14-17(22)16(21)11(19)8-26-14/h4-7,11,14,16-17,19,21-22H,8-9H2,1-3H3/b5-4+/t11-,14+,16+,17+/m0/s1. The van der Waals surface area contributed by atoms with Gasteiger partial charge in [0.1, 0.15) is 31.0 Å². The number of hydrogen-bond acceptors (Lipinski definition) is 9. The van der Waals surface area contributed by atoms with E-state index >= 15 is 0 Å². The summed E-state index contributed by atoms with van der Waals surface area (Å²) in [4.78, 5) is 11.9. The number of hydrogen-bond donors (Lipinski definition) is 3. The topological polar surface area (TPSA) is 124 Å². The quantitative estimate of drug-likeness (QED) is 0.431. The third-order valence-corrected chi connectivity index (χ3v) is 4.09. The van der Waals surface area contributed by atoms with E-state index in [2.05, 4.69) is 0 Å². The van der Waals surface area contributed by atoms with Gasteiger partial charge in [0.15, 0.2) is 11.5 Å². The van der Waals surface area contributed by atoms with Crippen LogP contribution in [-0.2, 0) is 14.3 Å². The van der Waals surface area contributed by atoms with Crippen LogP contribution in [0.4, 0.5) is 0 Å². The van der Waals surface area contributed by atoms with Crippen LogP contribution in [0.3, 0.4) is 0 Å². The van der Waals surface area contributed by atoms with E-state index in [1.807, 2.05) is 0 Å². The van der Waals surface area contributed by atoms with Gasteiger partial charge in [-0.25, -0.2) is 4.79 Å². The molecular formula is C18H24O9. The number of carbonyl (C=O) groups is 1. The SMILES string of the molecule is COc1cc(/C=C/C(=O)OC[C@H]2OC[C@H](O)[C@@H](O)[C@@H]2O)cc(OC)c1OC. The molecule has 9 nitrogen and oxygen atoms in total. The van der Waals surface area contributed by atoms with Crippen molar-refractivity contribution < 1.29 is 43.8 Å². The first-order valence-corrected chi connectivity index (χ1v) is 8.21. The van der Waals surface area contributed by atoms with Gasteiger partial charge in [-0.3, -0.25) is 0 Å². The zero-order valence-electron chi connectivity index (χ0n) is 15.3. The van der Waals surface area contributed by atoms with Crippen molar-refractivity contribution in [3.8, 4) is 17.2 Å². The third-order valence-electron chi connectivity index (χ3n) is 4.09. The highest BCUT2D eigenvalue weighted by Gasteiger charge is 2.37. The van der Waals surface area contributed by atoms with E-state index in [1.165, 1.54) is 33.5 Å². The molecule has 1 heterocycles. The fraction of sp³-hybridized carbons (Fsp3) is 0.500. The van der Waals surface area contributed by atoms with Gasteiger partial charge in [0.05, 0.1) is 27.9 Å². The number of aliphatic hydroxyl groups excluding tert-OH is 3. The summed E-state index contributed by atoms with van der Waals surface area (Å²) >= 11 is 0. The van der Waals surface area contributed by atoms with Gasteiger partial charge in [0.2, 0.25) is 5.75 Å². The average molecular weight is 384 g/mol. The smallest absolute Gasteiger partial charge is 0.330 e. The van der Waals surface area contributed by atoms with E-state index in [-0.39, 0.29) is 13.2 Å². The van der Waals surface area contributed by atoms with Crippen LogP contribution in [-0.4, -0.2) is 80.2 Å². The molecule has 0 aliphatic carbocycles. The molecule has 0 aromatic heterocycles. The van der Waals surface area contributed by atoms with E-state index in [0.717, 1.165) is 0 Å². The van der Waals surface area contributed by atoms with Crippen molar-refractivity contribution in [2.45, 2.75) is 24.4 Å². The largest absolute Gasteiger partial charge is 0.493 e. The molecule has 1 saturated heterocycles. The van der Waals surface area contributed by atoms with Crippen molar-refractivity contribution in [1.29, 1.82) is 0 Å². The van der Waals surface area contributed by atoms with Crippen LogP contribution >= 0.6 is 0 Å². The minimum Gasteiger partial charge on any atom is -0.493 e. The summed E-state index contributed by atoms with van der Waals surface area (Å²) in [5, 5.41) is 28.8. The van der Waals surface area contributed by atoms with Crippen LogP contribution in [0.15, 0.2) is 18.2 Å². The number of esters is 1. The van der Waals surface area contributed by atoms with Gasteiger partial charge in [-0.15, -0.1) is 0 Å². The van der Waals surface area contributed by atoms with Crippen molar-refractivity contribution in [2.75, 3.05) is 34.5 Å². The molecule has 1 aliphatic heterocycles. The Hall–Kier alpha value is -2.33. The average Bonchev–Trinajstić information content (AvgIpc) is 2.68. The van der Waals surface area contributed by atoms with Gasteiger partial charge < -0.3 is 39.0 Å². The van der Waals surface area contributed by atoms with Crippen molar-refractivity contribution in [3.63, 3.8) is 0 Å². The summed E-state index contributed by atoms with van der Waals surface area (Å²) in [6, 6.07) is 3.33. The maximum absolute atomic E-state index is 11.9. The first kappa shape index (κ1) is 21.0. The number of methoxy groups -OCH3 is 3. The van der Waals surface area contributed by atoms with Gasteiger partial charge in [0.25, 0.3) is 0 Å². The number of aliphatic hydroxyl groups is 3. The van der Waals surface area contributed by atoms with E-state index in [1.54, 1.807) is 12.1 Å². The van der Waals surface area contributed by atoms with E-state index in [4.69, 9.17) is 23.7 Å². The highest BCUT2D eigenvalue weighted by molar-refractivity contribution is 5.87. The molecule has 0 bridgehead atoms. The van der Waals surface area contributed by atoms with Crippen LogP contribution in [0.5, 0.6) is 17.2 Å². The summed E-state index contributed by atoms with van der Waals surface area (Å²) in [6.07, 6.45) is -2.09. The molecule has 0 saturated carbocycles. The molecule has 4 atom stereocenters. The molecule has 1 aromatic carbocycles. The van der Waals surface area contributed by atoms with E-state index < -0.39 is 30.4 Å². The van der Waals surface area contributed by atoms with E-state index in [9.17, 15) is 20.1 Å². The Morgan fingerprint density at radius 3 is 2.30 bits per heavy atom.